The minimum absolute atomic E-state index is 0.0258. The molecule has 0 atom stereocenters. The molecule has 144 heavy (non-hydrogen) atoms. The molecule has 17 rings (SSSR count). The molecule has 8 bridgehead atoms. The largest absolute Gasteiger partial charge is 0.489 e. The van der Waals surface area contributed by atoms with Gasteiger partial charge in [0.05, 0.1) is 124 Å². The Kier molecular flexibility index (Phi) is 30.3. The molecule has 0 saturated carbocycles. The number of aromatic amines is 2. The molecule has 28 heteroatoms. The topological polar surface area (TPSA) is 342 Å². The summed E-state index contributed by atoms with van der Waals surface area (Å²) in [6, 6.07) is 84.9. The molecule has 0 spiro atoms. The molecule has 2 aliphatic heterocycles. The van der Waals surface area contributed by atoms with Crippen molar-refractivity contribution in [3.8, 4) is 90.5 Å². The fraction of sp³-hybridized carbons (Fsp3) is 0.138. The fourth-order valence-corrected chi connectivity index (χ4v) is 16.1. The highest BCUT2D eigenvalue weighted by Crippen LogP contribution is 2.45. The summed E-state index contributed by atoms with van der Waals surface area (Å²) < 4.78 is 94.9. The molecule has 5 heterocycles. The smallest absolute Gasteiger partial charge is 0.337 e. The first-order valence-corrected chi connectivity index (χ1v) is 45.3. The number of nitrogens with zero attached hydrogens (tertiary/aromatic N) is 2. The molecule has 0 unspecified atom stereocenters. The predicted molar refractivity (Wildman–Crippen MR) is 538 cm³/mol. The molecule has 0 fully saturated rings. The first kappa shape index (κ1) is 97.1. The second-order valence-electron chi connectivity index (χ2n) is 33.1. The summed E-state index contributed by atoms with van der Waals surface area (Å²) in [5, 5.41) is 0. The standard InChI is InChI=1S/C116H94N4O24/c1-129-109(121)77-25-9-69(10-26-77)61-137-89-49-85(50-90(57-89)138-62-70-11-27-78(28-12-70)110(122)130-2)105-97-41-43-99(117-97)106(86-51-91(139-63-71-13-29-79(30-14-71)111(123)131-3)58-92(52-86)140-64-72-15-31-80(32-16-72)112(124)132-4)101-45-47-103(119-101)108(88-55-95(143-67-75-21-37-83(38-22-75)115(127)135-7)60-96(56-88)144-68-76-23-39-84(40-24-76)116(128)136-8)104-48-46-102(120-104)107(100-44-42-98(105)118-100)87-53-93(141-65-73-17-33-81(34-18-73)113(125)133-5)59-94(54-87)142-66-74-19-35-82(36-20-74)114(126)134-6/h9-60,117,120H,61-68H2,1-8H3. The van der Waals surface area contributed by atoms with E-state index in [0.29, 0.717) is 180 Å². The number of esters is 8. The normalized spacial score (nSPS) is 11.2. The van der Waals surface area contributed by atoms with Crippen LogP contribution in [-0.2, 0) is 90.7 Å². The van der Waals surface area contributed by atoms with E-state index in [1.54, 1.807) is 218 Å². The quantitative estimate of drug-likeness (QED) is 0.0272. The Labute approximate surface area is 826 Å². The molecule has 3 aromatic heterocycles. The second-order valence-corrected chi connectivity index (χ2v) is 33.1. The van der Waals surface area contributed by atoms with Crippen molar-refractivity contribution in [3.63, 3.8) is 0 Å². The number of aromatic nitrogens is 4. The Morgan fingerprint density at radius 2 is 0.319 bits per heavy atom. The molecule has 0 saturated heterocycles. The molecule has 12 aromatic carbocycles. The number of fused-ring (bicyclic) bond motifs is 8. The Hall–Kier alpha value is -18.6. The maximum atomic E-state index is 12.7. The lowest BCUT2D eigenvalue weighted by atomic mass is 10.0. The van der Waals surface area contributed by atoms with Crippen LogP contribution in [0, 0.1) is 0 Å². The number of rotatable bonds is 36. The number of ether oxygens (including phenoxy) is 16. The highest BCUT2D eigenvalue weighted by molar-refractivity contribution is 6.02. The highest BCUT2D eigenvalue weighted by atomic mass is 16.6. The number of hydrogen-bond donors (Lipinski definition) is 2. The van der Waals surface area contributed by atoms with E-state index in [1.165, 1.54) is 56.9 Å². The van der Waals surface area contributed by atoms with Crippen LogP contribution < -0.4 is 37.9 Å². The van der Waals surface area contributed by atoms with Gasteiger partial charge in [0.15, 0.2) is 0 Å². The second kappa shape index (κ2) is 44.9. The third-order valence-electron chi connectivity index (χ3n) is 23.7. The van der Waals surface area contributed by atoms with Gasteiger partial charge in [0, 0.05) is 68.6 Å². The van der Waals surface area contributed by atoms with Gasteiger partial charge in [0.2, 0.25) is 0 Å². The number of carbonyl (C=O) groups excluding carboxylic acids is 8. The van der Waals surface area contributed by atoms with Crippen molar-refractivity contribution < 1.29 is 114 Å². The first-order chi connectivity index (χ1) is 70.1. The summed E-state index contributed by atoms with van der Waals surface area (Å²) in [4.78, 5) is 121. The highest BCUT2D eigenvalue weighted by Gasteiger charge is 2.26. The number of H-pyrrole nitrogens is 2. The summed E-state index contributed by atoms with van der Waals surface area (Å²) in [6.45, 7) is 0.206. The molecule has 15 aromatic rings. The van der Waals surface area contributed by atoms with Crippen LogP contribution in [0.1, 0.15) is 150 Å². The van der Waals surface area contributed by atoms with Gasteiger partial charge in [-0.05, 0) is 261 Å². The Balaban J connectivity index is 0.933. The van der Waals surface area contributed by atoms with Crippen LogP contribution in [0.5, 0.6) is 46.0 Å². The molecule has 0 aliphatic carbocycles. The van der Waals surface area contributed by atoms with Crippen LogP contribution >= 0.6 is 0 Å². The average Bonchev–Trinajstić information content (AvgIpc) is 1.60. The Bertz CT molecular complexity index is 6390. The van der Waals surface area contributed by atoms with Crippen molar-refractivity contribution in [3.05, 3.63) is 403 Å². The molecule has 0 amide bonds. The summed E-state index contributed by atoms with van der Waals surface area (Å²) in [7, 11) is 10.5. The molecule has 0 radical (unpaired) electrons. The molecule has 2 aliphatic rings. The SMILES string of the molecule is COC(=O)c1ccc(COc2cc(OCc3ccc(C(=O)OC)cc3)cc(-c3c4nc(c(-c5cc(OCc6ccc(C(=O)OC)cc6)cc(OCc6ccc(C(=O)OC)cc6)c5)c5ccc([nH]5)c(-c5cc(OCc6ccc(C(=O)OC)cc6)cc(OCc6ccc(C(=O)OC)cc6)c5)c5nc(c(-c6cc(OCc7ccc(C(=O)OC)cc7)cc(OCc7ccc(C(=O)OC)cc7)c6)c6ccc3[nH]6)C=C5)C=C4)c2)cc1. The lowest BCUT2D eigenvalue weighted by molar-refractivity contribution is 0.0592. The van der Waals surface area contributed by atoms with Gasteiger partial charge >= 0.3 is 47.8 Å². The zero-order chi connectivity index (χ0) is 100. The van der Waals surface area contributed by atoms with Crippen molar-refractivity contribution in [1.82, 2.24) is 19.9 Å². The average molecular weight is 1930 g/mol. The van der Waals surface area contributed by atoms with E-state index in [1.807, 2.05) is 97.1 Å². The summed E-state index contributed by atoms with van der Waals surface area (Å²) >= 11 is 0. The molecule has 2 N–H and O–H groups in total. The van der Waals surface area contributed by atoms with Crippen LogP contribution in [0.15, 0.2) is 291 Å². The number of nitrogens with one attached hydrogen (secondary N) is 2. The van der Waals surface area contributed by atoms with Crippen molar-refractivity contribution in [2.24, 2.45) is 0 Å². The van der Waals surface area contributed by atoms with Crippen molar-refractivity contribution >= 4 is 94.1 Å². The summed E-state index contributed by atoms with van der Waals surface area (Å²) in [6.07, 6.45) is 7.66. The number of benzene rings is 12. The third kappa shape index (κ3) is 23.3. The van der Waals surface area contributed by atoms with E-state index in [0.717, 1.165) is 44.5 Å². The van der Waals surface area contributed by atoms with Crippen molar-refractivity contribution in [2.75, 3.05) is 56.9 Å². The van der Waals surface area contributed by atoms with Gasteiger partial charge in [-0.3, -0.25) is 0 Å². The van der Waals surface area contributed by atoms with Gasteiger partial charge in [0.1, 0.15) is 98.9 Å². The van der Waals surface area contributed by atoms with Crippen molar-refractivity contribution in [1.29, 1.82) is 0 Å². The fourth-order valence-electron chi connectivity index (χ4n) is 16.1. The monoisotopic (exact) mass is 1930 g/mol. The van der Waals surface area contributed by atoms with Gasteiger partial charge < -0.3 is 85.8 Å². The van der Waals surface area contributed by atoms with Gasteiger partial charge in [-0.1, -0.05) is 97.1 Å². The maximum absolute atomic E-state index is 12.7. The van der Waals surface area contributed by atoms with E-state index in [2.05, 4.69) is 9.97 Å². The number of carbonyl (C=O) groups is 8. The number of methoxy groups -OCH3 is 8. The van der Waals surface area contributed by atoms with E-state index >= 15 is 0 Å². The van der Waals surface area contributed by atoms with Crippen LogP contribution in [0.3, 0.4) is 0 Å². The van der Waals surface area contributed by atoms with Crippen molar-refractivity contribution in [2.45, 2.75) is 52.9 Å². The molecular formula is C116H94N4O24. The van der Waals surface area contributed by atoms with E-state index in [-0.39, 0.29) is 52.9 Å². The first-order valence-electron chi connectivity index (χ1n) is 45.3. The zero-order valence-electron chi connectivity index (χ0n) is 79.4. The summed E-state index contributed by atoms with van der Waals surface area (Å²) in [5.74, 6) is -1.17. The van der Waals surface area contributed by atoms with Crippen LogP contribution in [0.25, 0.3) is 90.9 Å². The third-order valence-corrected chi connectivity index (χ3v) is 23.7. The summed E-state index contributed by atoms with van der Waals surface area (Å²) in [5.41, 5.74) is 16.6. The minimum Gasteiger partial charge on any atom is -0.489 e. The van der Waals surface area contributed by atoms with E-state index < -0.39 is 47.8 Å². The van der Waals surface area contributed by atoms with Gasteiger partial charge in [-0.15, -0.1) is 0 Å². The van der Waals surface area contributed by atoms with Crippen LogP contribution in [-0.4, -0.2) is 125 Å². The van der Waals surface area contributed by atoms with Crippen LogP contribution in [0.4, 0.5) is 0 Å². The maximum Gasteiger partial charge on any atom is 0.337 e. The molecule has 722 valence electrons. The Morgan fingerprint density at radius 3 is 0.444 bits per heavy atom. The number of hydrogen-bond acceptors (Lipinski definition) is 26. The van der Waals surface area contributed by atoms with Gasteiger partial charge in [-0.2, -0.15) is 0 Å². The molecular weight excluding hydrogens is 1830 g/mol. The van der Waals surface area contributed by atoms with Crippen LogP contribution in [0.2, 0.25) is 0 Å². The Morgan fingerprint density at radius 1 is 0.188 bits per heavy atom. The van der Waals surface area contributed by atoms with E-state index in [9.17, 15) is 38.4 Å². The lowest BCUT2D eigenvalue weighted by Gasteiger charge is -2.15. The van der Waals surface area contributed by atoms with E-state index in [4.69, 9.17) is 85.8 Å². The lowest BCUT2D eigenvalue weighted by Crippen LogP contribution is -2.03. The van der Waals surface area contributed by atoms with Gasteiger partial charge in [0.25, 0.3) is 0 Å². The zero-order valence-corrected chi connectivity index (χ0v) is 79.4. The molecule has 28 nitrogen and oxygen atoms in total. The van der Waals surface area contributed by atoms with Gasteiger partial charge in [-0.25, -0.2) is 48.3 Å². The predicted octanol–water partition coefficient (Wildman–Crippen LogP) is 22.2. The minimum atomic E-state index is -0.506.